The number of nitrogens with zero attached hydrogens (tertiary/aromatic N) is 1. The van der Waals surface area contributed by atoms with Crippen LogP contribution in [0.1, 0.15) is 17.0 Å². The van der Waals surface area contributed by atoms with Gasteiger partial charge in [-0.05, 0) is 29.8 Å². The van der Waals surface area contributed by atoms with Gasteiger partial charge >= 0.3 is 12.1 Å². The first-order chi connectivity index (χ1) is 17.1. The molecule has 0 aromatic heterocycles. The number of allylic oxidation sites excluding steroid dienone is 1. The third-order valence-corrected chi connectivity index (χ3v) is 6.33. The topological polar surface area (TPSA) is 118 Å². The Hall–Kier alpha value is -3.98. The number of ether oxygens (including phenoxy) is 2. The normalized spacial score (nSPS) is 17.6. The van der Waals surface area contributed by atoms with Crippen molar-refractivity contribution in [3.8, 4) is 11.8 Å². The molecule has 0 fully saturated rings. The lowest BCUT2D eigenvalue weighted by molar-refractivity contribution is -0.150. The minimum Gasteiger partial charge on any atom is -0.497 e. The van der Waals surface area contributed by atoms with Crippen LogP contribution in [-0.2, 0) is 25.3 Å². The van der Waals surface area contributed by atoms with Crippen LogP contribution in [0.25, 0.3) is 0 Å². The SMILES string of the molecule is COC(=O)[C@H]1C(=O)NC(SCC(=O)Nc2ccccc2C(F)(F)F)=C(C#N)[C@@H]1c1ccc(OC)cc1. The summed E-state index contributed by atoms with van der Waals surface area (Å²) in [7, 11) is 2.58. The number of nitrogens with one attached hydrogen (secondary N) is 2. The second-order valence-electron chi connectivity index (χ2n) is 7.48. The number of methoxy groups -OCH3 is 2. The lowest BCUT2D eigenvalue weighted by Crippen LogP contribution is -2.44. The molecule has 188 valence electrons. The highest BCUT2D eigenvalue weighted by atomic mass is 32.2. The average molecular weight is 520 g/mol. The maximum absolute atomic E-state index is 13.2. The summed E-state index contributed by atoms with van der Waals surface area (Å²) in [5, 5.41) is 14.6. The third kappa shape index (κ3) is 5.80. The van der Waals surface area contributed by atoms with Crippen LogP contribution in [-0.4, -0.2) is 37.8 Å². The van der Waals surface area contributed by atoms with E-state index in [1.54, 1.807) is 24.3 Å². The number of thioether (sulfide) groups is 1. The van der Waals surface area contributed by atoms with Crippen LogP contribution in [0.2, 0.25) is 0 Å². The summed E-state index contributed by atoms with van der Waals surface area (Å²) < 4.78 is 49.5. The number of hydrogen-bond acceptors (Lipinski definition) is 7. The fraction of sp³-hybridized carbons (Fsp3) is 0.250. The van der Waals surface area contributed by atoms with Gasteiger partial charge in [-0.3, -0.25) is 14.4 Å². The molecule has 3 rings (SSSR count). The van der Waals surface area contributed by atoms with Crippen LogP contribution < -0.4 is 15.4 Å². The zero-order chi connectivity index (χ0) is 26.5. The lowest BCUT2D eigenvalue weighted by atomic mass is 9.78. The van der Waals surface area contributed by atoms with E-state index in [0.717, 1.165) is 31.0 Å². The van der Waals surface area contributed by atoms with Crippen molar-refractivity contribution in [3.63, 3.8) is 0 Å². The average Bonchev–Trinajstić information content (AvgIpc) is 2.86. The number of alkyl halides is 3. The number of esters is 1. The van der Waals surface area contributed by atoms with Gasteiger partial charge in [0.05, 0.1) is 47.9 Å². The molecular formula is C24H20F3N3O5S. The molecule has 2 amide bonds. The van der Waals surface area contributed by atoms with E-state index in [1.807, 2.05) is 6.07 Å². The predicted molar refractivity (Wildman–Crippen MR) is 125 cm³/mol. The summed E-state index contributed by atoms with van der Waals surface area (Å²) in [5.74, 6) is -4.66. The highest BCUT2D eigenvalue weighted by molar-refractivity contribution is 8.03. The number of rotatable bonds is 7. The van der Waals surface area contributed by atoms with Gasteiger partial charge in [-0.2, -0.15) is 18.4 Å². The van der Waals surface area contributed by atoms with Crippen molar-refractivity contribution in [1.82, 2.24) is 5.32 Å². The zero-order valence-electron chi connectivity index (χ0n) is 19.0. The van der Waals surface area contributed by atoms with Crippen molar-refractivity contribution in [3.05, 3.63) is 70.3 Å². The van der Waals surface area contributed by atoms with Crippen LogP contribution in [0.15, 0.2) is 59.1 Å². The molecule has 2 atom stereocenters. The molecule has 2 N–H and O–H groups in total. The minimum absolute atomic E-state index is 0.00339. The first kappa shape index (κ1) is 26.6. The Morgan fingerprint density at radius 3 is 2.39 bits per heavy atom. The second kappa shape index (κ2) is 11.2. The van der Waals surface area contributed by atoms with Gasteiger partial charge in [-0.1, -0.05) is 36.0 Å². The van der Waals surface area contributed by atoms with Gasteiger partial charge in [-0.15, -0.1) is 0 Å². The number of carbonyl (C=O) groups excluding carboxylic acids is 3. The quantitative estimate of drug-likeness (QED) is 0.422. The monoisotopic (exact) mass is 519 g/mol. The van der Waals surface area contributed by atoms with Crippen molar-refractivity contribution in [2.24, 2.45) is 5.92 Å². The van der Waals surface area contributed by atoms with E-state index in [-0.39, 0.29) is 10.6 Å². The maximum Gasteiger partial charge on any atom is 0.418 e. The molecule has 8 nitrogen and oxygen atoms in total. The van der Waals surface area contributed by atoms with Crippen molar-refractivity contribution in [2.75, 3.05) is 25.3 Å². The number of anilines is 1. The van der Waals surface area contributed by atoms with Gasteiger partial charge in [0.25, 0.3) is 0 Å². The molecule has 1 aliphatic rings. The molecule has 0 saturated heterocycles. The van der Waals surface area contributed by atoms with Crippen LogP contribution in [0.5, 0.6) is 5.75 Å². The molecule has 0 radical (unpaired) electrons. The van der Waals surface area contributed by atoms with Gasteiger partial charge in [0.1, 0.15) is 11.7 Å². The summed E-state index contributed by atoms with van der Waals surface area (Å²) in [6, 6.07) is 12.9. The number of para-hydroxylation sites is 1. The van der Waals surface area contributed by atoms with Gasteiger partial charge in [0, 0.05) is 5.92 Å². The standard InChI is InChI=1S/C24H20F3N3O5S/c1-34-14-9-7-13(8-10-14)19-15(11-28)22(30-21(32)20(19)23(33)35-2)36-12-18(31)29-17-6-4-3-5-16(17)24(25,26)27/h3-10,19-20H,12H2,1-2H3,(H,29,31)(H,30,32)/t19-,20+/m0/s1. The van der Waals surface area contributed by atoms with Gasteiger partial charge in [0.2, 0.25) is 11.8 Å². The van der Waals surface area contributed by atoms with Crippen LogP contribution in [0.3, 0.4) is 0 Å². The number of halogens is 3. The number of amides is 2. The number of hydrogen-bond donors (Lipinski definition) is 2. The molecule has 0 bridgehead atoms. The van der Waals surface area contributed by atoms with E-state index in [4.69, 9.17) is 9.47 Å². The summed E-state index contributed by atoms with van der Waals surface area (Å²) >= 11 is 0.757. The summed E-state index contributed by atoms with van der Waals surface area (Å²) in [5.41, 5.74) is -0.964. The van der Waals surface area contributed by atoms with Crippen molar-refractivity contribution < 1.29 is 37.0 Å². The Morgan fingerprint density at radius 2 is 1.81 bits per heavy atom. The van der Waals surface area contributed by atoms with Gasteiger partial charge in [0.15, 0.2) is 0 Å². The van der Waals surface area contributed by atoms with E-state index >= 15 is 0 Å². The molecular weight excluding hydrogens is 499 g/mol. The van der Waals surface area contributed by atoms with Crippen molar-refractivity contribution in [2.45, 2.75) is 12.1 Å². The van der Waals surface area contributed by atoms with Crippen molar-refractivity contribution >= 4 is 35.2 Å². The zero-order valence-corrected chi connectivity index (χ0v) is 19.8. The summed E-state index contributed by atoms with van der Waals surface area (Å²) in [6.45, 7) is 0. The Balaban J connectivity index is 1.89. The largest absolute Gasteiger partial charge is 0.497 e. The fourth-order valence-corrected chi connectivity index (χ4v) is 4.50. The molecule has 0 unspecified atom stereocenters. The second-order valence-corrected chi connectivity index (χ2v) is 8.46. The van der Waals surface area contributed by atoms with Crippen LogP contribution >= 0.6 is 11.8 Å². The summed E-state index contributed by atoms with van der Waals surface area (Å²) in [4.78, 5) is 37.7. The molecule has 1 heterocycles. The Bertz CT molecular complexity index is 1240. The van der Waals surface area contributed by atoms with E-state index < -0.39 is 52.8 Å². The number of carbonyl (C=O) groups is 3. The molecule has 0 aliphatic carbocycles. The fourth-order valence-electron chi connectivity index (χ4n) is 3.65. The van der Waals surface area contributed by atoms with Crippen molar-refractivity contribution in [1.29, 1.82) is 5.26 Å². The molecule has 0 saturated carbocycles. The third-order valence-electron chi connectivity index (χ3n) is 5.31. The molecule has 2 aromatic carbocycles. The first-order valence-electron chi connectivity index (χ1n) is 10.4. The summed E-state index contributed by atoms with van der Waals surface area (Å²) in [6.07, 6.45) is -4.67. The predicted octanol–water partition coefficient (Wildman–Crippen LogP) is 3.82. The van der Waals surface area contributed by atoms with E-state index in [9.17, 15) is 32.8 Å². The Morgan fingerprint density at radius 1 is 1.14 bits per heavy atom. The Kier molecular flexibility index (Phi) is 8.26. The van der Waals surface area contributed by atoms with Gasteiger partial charge < -0.3 is 20.1 Å². The highest BCUT2D eigenvalue weighted by Crippen LogP contribution is 2.41. The van der Waals surface area contributed by atoms with E-state index in [1.165, 1.54) is 19.2 Å². The van der Waals surface area contributed by atoms with Crippen LogP contribution in [0, 0.1) is 17.2 Å². The van der Waals surface area contributed by atoms with E-state index in [0.29, 0.717) is 11.3 Å². The lowest BCUT2D eigenvalue weighted by Gasteiger charge is -2.31. The maximum atomic E-state index is 13.2. The molecule has 36 heavy (non-hydrogen) atoms. The van der Waals surface area contributed by atoms with Crippen LogP contribution in [0.4, 0.5) is 18.9 Å². The number of benzene rings is 2. The molecule has 12 heteroatoms. The van der Waals surface area contributed by atoms with Gasteiger partial charge in [-0.25, -0.2) is 0 Å². The smallest absolute Gasteiger partial charge is 0.418 e. The first-order valence-corrected chi connectivity index (χ1v) is 11.3. The number of nitriles is 1. The molecule has 0 spiro atoms. The molecule has 2 aromatic rings. The Labute approximate surface area is 208 Å². The molecule has 1 aliphatic heterocycles. The minimum atomic E-state index is -4.67. The highest BCUT2D eigenvalue weighted by Gasteiger charge is 2.44. The van der Waals surface area contributed by atoms with E-state index in [2.05, 4.69) is 10.6 Å².